The van der Waals surface area contributed by atoms with Crippen LogP contribution in [0.1, 0.15) is 35.1 Å². The van der Waals surface area contributed by atoms with E-state index >= 15 is 0 Å². The van der Waals surface area contributed by atoms with Gasteiger partial charge >= 0.3 is 0 Å². The highest BCUT2D eigenvalue weighted by atomic mass is 32.1. The number of aryl methyl sites for hydroxylation is 3. The van der Waals surface area contributed by atoms with Crippen molar-refractivity contribution in [3.63, 3.8) is 0 Å². The molecule has 160 valence electrons. The van der Waals surface area contributed by atoms with Crippen molar-refractivity contribution in [2.24, 2.45) is 0 Å². The van der Waals surface area contributed by atoms with Gasteiger partial charge in [-0.2, -0.15) is 5.10 Å². The van der Waals surface area contributed by atoms with E-state index in [2.05, 4.69) is 29.1 Å². The first kappa shape index (κ1) is 21.0. The third-order valence-corrected chi connectivity index (χ3v) is 6.51. The van der Waals surface area contributed by atoms with Crippen LogP contribution in [0.4, 0.5) is 5.13 Å². The fourth-order valence-electron chi connectivity index (χ4n) is 3.77. The van der Waals surface area contributed by atoms with Crippen LogP contribution in [0.2, 0.25) is 0 Å². The molecule has 30 heavy (non-hydrogen) atoms. The van der Waals surface area contributed by atoms with Crippen molar-refractivity contribution in [3.8, 4) is 0 Å². The molecule has 1 aliphatic heterocycles. The van der Waals surface area contributed by atoms with Crippen molar-refractivity contribution in [1.82, 2.24) is 19.7 Å². The summed E-state index contributed by atoms with van der Waals surface area (Å²) in [5.74, 6) is -0.0805. The number of ether oxygens (including phenoxy) is 1. The Labute approximate surface area is 181 Å². The minimum atomic E-state index is -0.0805. The van der Waals surface area contributed by atoms with Gasteiger partial charge in [0.25, 0.3) is 5.91 Å². The molecule has 3 heterocycles. The zero-order chi connectivity index (χ0) is 21.1. The Morgan fingerprint density at radius 2 is 2.03 bits per heavy atom. The lowest BCUT2D eigenvalue weighted by atomic mass is 10.2. The van der Waals surface area contributed by atoms with Crippen molar-refractivity contribution in [1.29, 1.82) is 0 Å². The van der Waals surface area contributed by atoms with Gasteiger partial charge in [0.05, 0.1) is 23.4 Å². The summed E-state index contributed by atoms with van der Waals surface area (Å²) in [5.41, 5.74) is 3.60. The molecule has 0 spiro atoms. The van der Waals surface area contributed by atoms with Crippen LogP contribution in [0.15, 0.2) is 24.3 Å². The van der Waals surface area contributed by atoms with Crippen LogP contribution in [0.25, 0.3) is 10.2 Å². The molecule has 0 bridgehead atoms. The molecule has 8 heteroatoms. The largest absolute Gasteiger partial charge is 0.379 e. The fourth-order valence-corrected chi connectivity index (χ4v) is 4.86. The van der Waals surface area contributed by atoms with Gasteiger partial charge in [-0.3, -0.25) is 19.3 Å². The third kappa shape index (κ3) is 4.55. The second-order valence-electron chi connectivity index (χ2n) is 7.72. The van der Waals surface area contributed by atoms with Gasteiger partial charge in [0, 0.05) is 38.4 Å². The molecule has 0 unspecified atom stereocenters. The Hall–Kier alpha value is -2.29. The Balaban J connectivity index is 1.58. The minimum Gasteiger partial charge on any atom is -0.379 e. The lowest BCUT2D eigenvalue weighted by molar-refractivity contribution is 0.0376. The number of amides is 1. The molecule has 1 aliphatic rings. The second-order valence-corrected chi connectivity index (χ2v) is 8.73. The zero-order valence-corrected chi connectivity index (χ0v) is 18.7. The summed E-state index contributed by atoms with van der Waals surface area (Å²) in [4.78, 5) is 22.4. The first-order valence-corrected chi connectivity index (χ1v) is 11.4. The summed E-state index contributed by atoms with van der Waals surface area (Å²) in [6.07, 6.45) is 0.883. The van der Waals surface area contributed by atoms with E-state index in [1.54, 1.807) is 11.3 Å². The van der Waals surface area contributed by atoms with Crippen molar-refractivity contribution in [2.75, 3.05) is 44.3 Å². The number of rotatable bonds is 7. The molecule has 0 saturated carbocycles. The van der Waals surface area contributed by atoms with Crippen molar-refractivity contribution < 1.29 is 9.53 Å². The highest BCUT2D eigenvalue weighted by Crippen LogP contribution is 2.30. The molecule has 1 amide bonds. The van der Waals surface area contributed by atoms with E-state index in [0.717, 1.165) is 66.9 Å². The number of anilines is 1. The molecule has 1 fully saturated rings. The molecule has 3 aromatic rings. The summed E-state index contributed by atoms with van der Waals surface area (Å²) in [6.45, 7) is 11.9. The van der Waals surface area contributed by atoms with Crippen LogP contribution in [-0.4, -0.2) is 65.0 Å². The molecule has 7 nitrogen and oxygen atoms in total. The SMILES string of the molecule is CCn1nc(C(=O)N(CCCN2CCOCC2)c2nc3ccc(C)cc3s2)cc1C. The smallest absolute Gasteiger partial charge is 0.280 e. The number of carbonyl (C=O) groups excluding carboxylic acids is 1. The predicted octanol–water partition coefficient (Wildman–Crippen LogP) is 3.50. The van der Waals surface area contributed by atoms with E-state index in [9.17, 15) is 4.79 Å². The van der Waals surface area contributed by atoms with E-state index in [1.165, 1.54) is 5.56 Å². The minimum absolute atomic E-state index is 0.0805. The van der Waals surface area contributed by atoms with Crippen LogP contribution in [0.3, 0.4) is 0 Å². The standard InChI is InChI=1S/C22H29N5O2S/c1-4-27-17(3)15-19(24-27)21(28)26(9-5-8-25-10-12-29-13-11-25)22-23-18-7-6-16(2)14-20(18)30-22/h6-7,14-15H,4-5,8-13H2,1-3H3. The molecule has 0 atom stereocenters. The number of nitrogens with zero attached hydrogens (tertiary/aromatic N) is 5. The first-order chi connectivity index (χ1) is 14.5. The average molecular weight is 428 g/mol. The Morgan fingerprint density at radius 3 is 2.77 bits per heavy atom. The number of aromatic nitrogens is 3. The van der Waals surface area contributed by atoms with Gasteiger partial charge < -0.3 is 4.74 Å². The predicted molar refractivity (Wildman–Crippen MR) is 121 cm³/mol. The van der Waals surface area contributed by atoms with E-state index in [-0.39, 0.29) is 5.91 Å². The molecule has 1 aromatic carbocycles. The third-order valence-electron chi connectivity index (χ3n) is 5.47. The lowest BCUT2D eigenvalue weighted by Crippen LogP contribution is -2.39. The van der Waals surface area contributed by atoms with E-state index < -0.39 is 0 Å². The molecule has 1 saturated heterocycles. The summed E-state index contributed by atoms with van der Waals surface area (Å²) in [5, 5.41) is 5.26. The van der Waals surface area contributed by atoms with Gasteiger partial charge in [0.2, 0.25) is 0 Å². The maximum atomic E-state index is 13.4. The highest BCUT2D eigenvalue weighted by molar-refractivity contribution is 7.22. The number of hydrogen-bond acceptors (Lipinski definition) is 6. The summed E-state index contributed by atoms with van der Waals surface area (Å²) in [7, 11) is 0. The van der Waals surface area contributed by atoms with Crippen LogP contribution in [0.5, 0.6) is 0 Å². The summed E-state index contributed by atoms with van der Waals surface area (Å²) >= 11 is 1.57. The summed E-state index contributed by atoms with van der Waals surface area (Å²) < 4.78 is 8.40. The molecule has 0 radical (unpaired) electrons. The number of morpholine rings is 1. The quantitative estimate of drug-likeness (QED) is 0.577. The van der Waals surface area contributed by atoms with Crippen LogP contribution >= 0.6 is 11.3 Å². The van der Waals surface area contributed by atoms with Gasteiger partial charge in [0.15, 0.2) is 10.8 Å². The fraction of sp³-hybridized carbons (Fsp3) is 0.500. The average Bonchev–Trinajstić information content (AvgIpc) is 3.34. The number of fused-ring (bicyclic) bond motifs is 1. The van der Waals surface area contributed by atoms with Crippen LogP contribution < -0.4 is 4.90 Å². The van der Waals surface area contributed by atoms with Crippen molar-refractivity contribution >= 4 is 32.6 Å². The van der Waals surface area contributed by atoms with Crippen LogP contribution in [-0.2, 0) is 11.3 Å². The topological polar surface area (TPSA) is 63.5 Å². The first-order valence-electron chi connectivity index (χ1n) is 10.6. The lowest BCUT2D eigenvalue weighted by Gasteiger charge is -2.27. The maximum absolute atomic E-state index is 13.4. The van der Waals surface area contributed by atoms with E-state index in [4.69, 9.17) is 9.72 Å². The monoisotopic (exact) mass is 427 g/mol. The number of thiazole rings is 1. The highest BCUT2D eigenvalue weighted by Gasteiger charge is 2.24. The molecule has 0 aliphatic carbocycles. The Morgan fingerprint density at radius 1 is 1.23 bits per heavy atom. The molecule has 4 rings (SSSR count). The van der Waals surface area contributed by atoms with Gasteiger partial charge in [-0.05, 0) is 51.0 Å². The number of carbonyl (C=O) groups is 1. The Kier molecular flexibility index (Phi) is 6.46. The van der Waals surface area contributed by atoms with Crippen LogP contribution in [0, 0.1) is 13.8 Å². The van der Waals surface area contributed by atoms with Crippen molar-refractivity contribution in [3.05, 3.63) is 41.2 Å². The van der Waals surface area contributed by atoms with Crippen molar-refractivity contribution in [2.45, 2.75) is 33.7 Å². The van der Waals surface area contributed by atoms with Gasteiger partial charge in [-0.1, -0.05) is 17.4 Å². The zero-order valence-electron chi connectivity index (χ0n) is 17.9. The molecular formula is C22H29N5O2S. The van der Waals surface area contributed by atoms with Gasteiger partial charge in [0.1, 0.15) is 0 Å². The Bertz CT molecular complexity index is 1020. The number of benzene rings is 1. The second kappa shape index (κ2) is 9.24. The van der Waals surface area contributed by atoms with Gasteiger partial charge in [-0.25, -0.2) is 4.98 Å². The number of hydrogen-bond donors (Lipinski definition) is 0. The normalized spacial score (nSPS) is 15.0. The molecule has 2 aromatic heterocycles. The maximum Gasteiger partial charge on any atom is 0.280 e. The van der Waals surface area contributed by atoms with E-state index in [0.29, 0.717) is 12.2 Å². The van der Waals surface area contributed by atoms with Gasteiger partial charge in [-0.15, -0.1) is 0 Å². The molecule has 0 N–H and O–H groups in total. The molecular weight excluding hydrogens is 398 g/mol. The summed E-state index contributed by atoms with van der Waals surface area (Å²) in [6, 6.07) is 8.08. The van der Waals surface area contributed by atoms with E-state index in [1.807, 2.05) is 35.6 Å².